The maximum Gasteiger partial charge on any atom is 0.367 e. The van der Waals surface area contributed by atoms with Gasteiger partial charge in [0.25, 0.3) is 0 Å². The zero-order valence-corrected chi connectivity index (χ0v) is 24.7. The molecule has 0 aliphatic heterocycles. The number of hydrogen-bond donors (Lipinski definition) is 0. The summed E-state index contributed by atoms with van der Waals surface area (Å²) in [5, 5.41) is 0.230. The third kappa shape index (κ3) is 4.41. The summed E-state index contributed by atoms with van der Waals surface area (Å²) in [6.07, 6.45) is 10.1. The molecule has 35 heavy (non-hydrogen) atoms. The summed E-state index contributed by atoms with van der Waals surface area (Å²) in [7, 11) is -1.79. The van der Waals surface area contributed by atoms with Gasteiger partial charge in [0.15, 0.2) is 8.32 Å². The van der Waals surface area contributed by atoms with Gasteiger partial charge in [0.1, 0.15) is 0 Å². The van der Waals surface area contributed by atoms with E-state index in [1.165, 1.54) is 6.42 Å². The van der Waals surface area contributed by atoms with Crippen molar-refractivity contribution in [2.24, 2.45) is 34.5 Å². The lowest BCUT2D eigenvalue weighted by Gasteiger charge is -2.59. The molecule has 3 nitrogen and oxygen atoms in total. The van der Waals surface area contributed by atoms with Crippen molar-refractivity contribution in [3.8, 4) is 0 Å². The van der Waals surface area contributed by atoms with E-state index in [2.05, 4.69) is 60.7 Å². The Labute approximate surface area is 214 Å². The molecule has 0 bridgehead atoms. The molecule has 3 saturated carbocycles. The number of esters is 1. The summed E-state index contributed by atoms with van der Waals surface area (Å²) in [6.45, 7) is 20.8. The summed E-state index contributed by atoms with van der Waals surface area (Å²) in [5.74, 6) is 0.718. The first-order chi connectivity index (χ1) is 16.2. The highest BCUT2D eigenvalue weighted by Gasteiger charge is 2.60. The standard InChI is InChI=1S/C30H49FO3Si/c1-10-33-27(32)26(31)24-12-11-22-25-19(2)17-20-18-21(34-35(8,9)28(3,4)5)13-15-29(20,6)23(25)14-16-30(22,24)7/h17,19,21-23,25H,10-16,18H2,1-9H3/t19-,21?,22-,23-,25-,29-,30-/m0/s1. The number of halogens is 1. The van der Waals surface area contributed by atoms with Crippen LogP contribution in [0.1, 0.15) is 93.4 Å². The van der Waals surface area contributed by atoms with Gasteiger partial charge in [-0.25, -0.2) is 4.79 Å². The molecule has 0 N–H and O–H groups in total. The molecule has 4 aliphatic rings. The molecule has 0 saturated heterocycles. The summed E-state index contributed by atoms with van der Waals surface area (Å²) < 4.78 is 27.1. The molecule has 3 fully saturated rings. The van der Waals surface area contributed by atoms with E-state index in [1.807, 2.05) is 0 Å². The molecule has 0 amide bonds. The molecule has 4 aliphatic carbocycles. The van der Waals surface area contributed by atoms with Crippen molar-refractivity contribution in [1.29, 1.82) is 0 Å². The van der Waals surface area contributed by atoms with Crippen LogP contribution in [-0.4, -0.2) is 27.0 Å². The second-order valence-electron chi connectivity index (χ2n) is 14.0. The molecule has 1 unspecified atom stereocenters. The Bertz CT molecular complexity index is 915. The van der Waals surface area contributed by atoms with E-state index >= 15 is 4.39 Å². The maximum atomic E-state index is 15.2. The van der Waals surface area contributed by atoms with Gasteiger partial charge in [0, 0.05) is 6.10 Å². The first kappa shape index (κ1) is 27.1. The van der Waals surface area contributed by atoms with Gasteiger partial charge < -0.3 is 9.16 Å². The molecule has 5 heteroatoms. The topological polar surface area (TPSA) is 35.5 Å². The number of carbonyl (C=O) groups excluding carboxylic acids is 1. The van der Waals surface area contributed by atoms with E-state index in [1.54, 1.807) is 12.5 Å². The van der Waals surface area contributed by atoms with Crippen molar-refractivity contribution < 1.29 is 18.3 Å². The van der Waals surface area contributed by atoms with Crippen LogP contribution in [0.3, 0.4) is 0 Å². The Morgan fingerprint density at radius 3 is 2.37 bits per heavy atom. The number of hydrogen-bond acceptors (Lipinski definition) is 3. The number of rotatable bonds is 4. The minimum absolute atomic E-state index is 0.216. The number of carbonyl (C=O) groups is 1. The molecule has 198 valence electrons. The maximum absolute atomic E-state index is 15.2. The van der Waals surface area contributed by atoms with Gasteiger partial charge in [0.2, 0.25) is 5.83 Å². The monoisotopic (exact) mass is 504 g/mol. The minimum atomic E-state index is -1.79. The van der Waals surface area contributed by atoms with Crippen molar-refractivity contribution in [1.82, 2.24) is 0 Å². The van der Waals surface area contributed by atoms with Crippen molar-refractivity contribution in [2.75, 3.05) is 6.61 Å². The van der Waals surface area contributed by atoms with E-state index in [4.69, 9.17) is 9.16 Å². The van der Waals surface area contributed by atoms with Crippen LogP contribution in [0.5, 0.6) is 0 Å². The Hall–Kier alpha value is -0.943. The van der Waals surface area contributed by atoms with Gasteiger partial charge in [-0.15, -0.1) is 0 Å². The lowest BCUT2D eigenvalue weighted by molar-refractivity contribution is -0.140. The third-order valence-electron chi connectivity index (χ3n) is 11.2. The molecule has 0 heterocycles. The van der Waals surface area contributed by atoms with E-state index in [9.17, 15) is 4.79 Å². The Morgan fingerprint density at radius 2 is 1.74 bits per heavy atom. The molecule has 7 atom stereocenters. The van der Waals surface area contributed by atoms with Gasteiger partial charge in [-0.3, -0.25) is 0 Å². The van der Waals surface area contributed by atoms with Gasteiger partial charge in [0.05, 0.1) is 6.61 Å². The summed E-state index contributed by atoms with van der Waals surface area (Å²) >= 11 is 0. The summed E-state index contributed by atoms with van der Waals surface area (Å²) in [6, 6.07) is 0. The van der Waals surface area contributed by atoms with E-state index in [0.29, 0.717) is 36.2 Å². The lowest BCUT2D eigenvalue weighted by atomic mass is 9.46. The smallest absolute Gasteiger partial charge is 0.367 e. The quantitative estimate of drug-likeness (QED) is 0.167. The molecule has 0 aromatic carbocycles. The number of ether oxygens (including phenoxy) is 1. The van der Waals surface area contributed by atoms with Gasteiger partial charge in [-0.05, 0) is 110 Å². The summed E-state index contributed by atoms with van der Waals surface area (Å²) in [4.78, 5) is 12.3. The Kier molecular flexibility index (Phi) is 7.06. The van der Waals surface area contributed by atoms with Crippen LogP contribution < -0.4 is 0 Å². The second-order valence-corrected chi connectivity index (χ2v) is 18.8. The normalized spacial score (nSPS) is 40.9. The Balaban J connectivity index is 1.59. The first-order valence-electron chi connectivity index (χ1n) is 14.1. The predicted octanol–water partition coefficient (Wildman–Crippen LogP) is 8.37. The van der Waals surface area contributed by atoms with Gasteiger partial charge in [-0.2, -0.15) is 4.39 Å². The van der Waals surface area contributed by atoms with Crippen LogP contribution in [0.2, 0.25) is 18.1 Å². The molecule has 0 spiro atoms. The predicted molar refractivity (Wildman–Crippen MR) is 143 cm³/mol. The highest BCUT2D eigenvalue weighted by molar-refractivity contribution is 6.74. The van der Waals surface area contributed by atoms with Crippen LogP contribution in [-0.2, 0) is 14.0 Å². The van der Waals surface area contributed by atoms with Crippen LogP contribution in [0, 0.1) is 34.5 Å². The third-order valence-corrected chi connectivity index (χ3v) is 15.7. The fraction of sp³-hybridized carbons (Fsp3) is 0.833. The minimum Gasteiger partial charge on any atom is -0.461 e. The zero-order valence-electron chi connectivity index (χ0n) is 23.7. The second kappa shape index (κ2) is 9.11. The van der Waals surface area contributed by atoms with Crippen LogP contribution in [0.25, 0.3) is 0 Å². The fourth-order valence-corrected chi connectivity index (χ4v) is 9.56. The molecule has 0 aromatic rings. The Morgan fingerprint density at radius 1 is 1.11 bits per heavy atom. The fourth-order valence-electron chi connectivity index (χ4n) is 8.17. The molecule has 0 radical (unpaired) electrons. The molecular weight excluding hydrogens is 455 g/mol. The highest BCUT2D eigenvalue weighted by atomic mass is 28.4. The highest BCUT2D eigenvalue weighted by Crippen LogP contribution is 2.67. The van der Waals surface area contributed by atoms with Gasteiger partial charge in [-0.1, -0.05) is 53.2 Å². The average Bonchev–Trinajstić information content (AvgIpc) is 3.10. The molecule has 4 rings (SSSR count). The van der Waals surface area contributed by atoms with E-state index in [0.717, 1.165) is 37.7 Å². The number of fused-ring (bicyclic) bond motifs is 5. The van der Waals surface area contributed by atoms with Gasteiger partial charge >= 0.3 is 5.97 Å². The lowest BCUT2D eigenvalue weighted by Crippen LogP contribution is -2.53. The van der Waals surface area contributed by atoms with Crippen LogP contribution in [0.15, 0.2) is 23.0 Å². The van der Waals surface area contributed by atoms with Crippen molar-refractivity contribution >= 4 is 14.3 Å². The van der Waals surface area contributed by atoms with Crippen molar-refractivity contribution in [3.05, 3.63) is 23.0 Å². The van der Waals surface area contributed by atoms with Crippen molar-refractivity contribution in [3.63, 3.8) is 0 Å². The SMILES string of the molecule is CCOC(=O)C(F)=C1CC[C@H]2[C@@H]3[C@@H](C)C=C4CC(O[Si](C)(C)C(C)(C)C)CC[C@]4(C)[C@H]3CC[C@]12C. The van der Waals surface area contributed by atoms with Crippen LogP contribution >= 0.6 is 0 Å². The van der Waals surface area contributed by atoms with E-state index in [-0.39, 0.29) is 22.5 Å². The zero-order chi connectivity index (χ0) is 26.0. The van der Waals surface area contributed by atoms with E-state index < -0.39 is 20.1 Å². The molecular formula is C30H49FO3Si. The van der Waals surface area contributed by atoms with Crippen LogP contribution in [0.4, 0.5) is 4.39 Å². The first-order valence-corrected chi connectivity index (χ1v) is 17.0. The average molecular weight is 505 g/mol. The molecule has 0 aromatic heterocycles. The number of allylic oxidation sites excluding steroid dienone is 2. The largest absolute Gasteiger partial charge is 0.461 e. The van der Waals surface area contributed by atoms with Crippen molar-refractivity contribution in [2.45, 2.75) is 118 Å². The summed E-state index contributed by atoms with van der Waals surface area (Å²) in [5.41, 5.74) is 2.35.